The first-order valence-corrected chi connectivity index (χ1v) is 10.8. The van der Waals surface area contributed by atoms with Crippen molar-refractivity contribution in [3.05, 3.63) is 0 Å². The molecule has 0 amide bonds. The molecule has 0 saturated carbocycles. The van der Waals surface area contributed by atoms with Gasteiger partial charge in [-0.3, -0.25) is 0 Å². The molecule has 0 radical (unpaired) electrons. The van der Waals surface area contributed by atoms with Gasteiger partial charge in [-0.15, -0.1) is 0 Å². The van der Waals surface area contributed by atoms with Crippen molar-refractivity contribution in [2.24, 2.45) is 5.92 Å². The van der Waals surface area contributed by atoms with Crippen LogP contribution >= 0.6 is 0 Å². The van der Waals surface area contributed by atoms with Crippen LogP contribution in [-0.4, -0.2) is 33.0 Å². The zero-order valence-electron chi connectivity index (χ0n) is 16.3. The smallest absolute Gasteiger partial charge is 0.452 e. The van der Waals surface area contributed by atoms with E-state index in [1.165, 1.54) is 0 Å². The van der Waals surface area contributed by atoms with Crippen LogP contribution in [0.5, 0.6) is 0 Å². The molecule has 0 aliphatic rings. The fourth-order valence-corrected chi connectivity index (χ4v) is 5.20. The Balaban J connectivity index is 5.16. The van der Waals surface area contributed by atoms with Crippen LogP contribution in [-0.2, 0) is 11.4 Å². The fourth-order valence-electron chi connectivity index (χ4n) is 2.97. The van der Waals surface area contributed by atoms with Crippen LogP contribution in [0.3, 0.4) is 0 Å². The quantitative estimate of drug-likeness (QED) is 0.411. The molecule has 2 unspecified atom stereocenters. The van der Waals surface area contributed by atoms with Crippen molar-refractivity contribution in [3.8, 4) is 0 Å². The van der Waals surface area contributed by atoms with E-state index in [1.54, 1.807) is 0 Å². The van der Waals surface area contributed by atoms with Crippen LogP contribution in [0.2, 0.25) is 0 Å². The third-order valence-electron chi connectivity index (χ3n) is 5.09. The van der Waals surface area contributed by atoms with Gasteiger partial charge in [0.25, 0.3) is 0 Å². The van der Waals surface area contributed by atoms with Crippen LogP contribution in [0.1, 0.15) is 93.9 Å². The minimum Gasteiger partial charge on any atom is -0.452 e. The highest BCUT2D eigenvalue weighted by molar-refractivity contribution is 6.36. The van der Waals surface area contributed by atoms with Gasteiger partial charge in [0.05, 0.1) is 0 Å². The largest absolute Gasteiger partial charge is 0.906 e. The second kappa shape index (κ2) is 11.9. The highest BCUT2D eigenvalue weighted by atomic mass is 27.3. The van der Waals surface area contributed by atoms with Gasteiger partial charge in [-0.2, -0.15) is 0 Å². The van der Waals surface area contributed by atoms with Gasteiger partial charge in [0.1, 0.15) is 0 Å². The van der Waals surface area contributed by atoms with Gasteiger partial charge >= 0.3 is 15.1 Å². The molecule has 0 aliphatic heterocycles. The first kappa shape index (κ1) is 22.4. The monoisotopic (exact) mass is 330 g/mol. The Kier molecular flexibility index (Phi) is 12.1. The second-order valence-electron chi connectivity index (χ2n) is 6.40. The predicted molar refractivity (Wildman–Crippen MR) is 95.9 cm³/mol. The first-order valence-electron chi connectivity index (χ1n) is 9.41. The molecular formula is C18H39AlO3. The van der Waals surface area contributed by atoms with Gasteiger partial charge in [0.2, 0.25) is 0 Å². The maximum Gasteiger partial charge on any atom is 0.906 e. The molecule has 0 bridgehead atoms. The van der Waals surface area contributed by atoms with Gasteiger partial charge in [0.15, 0.2) is 0 Å². The molecule has 3 nitrogen and oxygen atoms in total. The van der Waals surface area contributed by atoms with E-state index in [2.05, 4.69) is 55.4 Å². The van der Waals surface area contributed by atoms with E-state index in [-0.39, 0.29) is 17.8 Å². The summed E-state index contributed by atoms with van der Waals surface area (Å²) in [5.41, 5.74) is -0.0959. The molecular weight excluding hydrogens is 291 g/mol. The minimum absolute atomic E-state index is 0.0959. The molecule has 0 aliphatic carbocycles. The van der Waals surface area contributed by atoms with E-state index in [0.29, 0.717) is 5.92 Å². The molecule has 0 aromatic carbocycles. The van der Waals surface area contributed by atoms with Gasteiger partial charge in [-0.25, -0.2) is 0 Å². The molecule has 22 heavy (non-hydrogen) atoms. The van der Waals surface area contributed by atoms with Crippen molar-refractivity contribution in [1.82, 2.24) is 0 Å². The van der Waals surface area contributed by atoms with E-state index >= 15 is 0 Å². The Morgan fingerprint density at radius 1 is 0.727 bits per heavy atom. The summed E-state index contributed by atoms with van der Waals surface area (Å²) in [7, 11) is 0. The van der Waals surface area contributed by atoms with Crippen LogP contribution < -0.4 is 0 Å². The van der Waals surface area contributed by atoms with Crippen LogP contribution in [0, 0.1) is 5.92 Å². The standard InChI is InChI=1S/C10H21O.2C4H9O.Al/c1-5-9(6-2)10(11,7-3)8-4;2*1-3-4(2)5;/h9H,5-8H2,1-4H3;2*4H,3H2,1-2H3;/q3*-1;+3. The topological polar surface area (TPSA) is 27.7 Å². The van der Waals surface area contributed by atoms with Crippen molar-refractivity contribution in [1.29, 1.82) is 0 Å². The molecule has 132 valence electrons. The summed E-state index contributed by atoms with van der Waals surface area (Å²) < 4.78 is 18.9. The number of hydrogen-bond donors (Lipinski definition) is 0. The lowest BCUT2D eigenvalue weighted by molar-refractivity contribution is -0.0713. The lowest BCUT2D eigenvalue weighted by atomic mass is 9.80. The fraction of sp³-hybridized carbons (Fsp3) is 1.00. The minimum atomic E-state index is -2.13. The molecule has 0 aromatic heterocycles. The van der Waals surface area contributed by atoms with Crippen molar-refractivity contribution in [2.45, 2.75) is 112 Å². The third-order valence-corrected chi connectivity index (χ3v) is 7.13. The second-order valence-corrected chi connectivity index (χ2v) is 7.76. The van der Waals surface area contributed by atoms with Gasteiger partial charge in [-0.05, 0) is 45.4 Å². The van der Waals surface area contributed by atoms with Crippen LogP contribution in [0.25, 0.3) is 0 Å². The van der Waals surface area contributed by atoms with E-state index < -0.39 is 15.1 Å². The third kappa shape index (κ3) is 6.89. The summed E-state index contributed by atoms with van der Waals surface area (Å²) in [6.45, 7) is 17.5. The number of hydrogen-bond acceptors (Lipinski definition) is 3. The average Bonchev–Trinajstić information content (AvgIpc) is 2.54. The highest BCUT2D eigenvalue weighted by Gasteiger charge is 2.45. The molecule has 0 spiro atoms. The van der Waals surface area contributed by atoms with Crippen LogP contribution in [0.15, 0.2) is 0 Å². The summed E-state index contributed by atoms with van der Waals surface area (Å²) in [4.78, 5) is 0. The van der Waals surface area contributed by atoms with E-state index in [0.717, 1.165) is 38.5 Å². The molecule has 0 fully saturated rings. The Morgan fingerprint density at radius 3 is 1.41 bits per heavy atom. The zero-order chi connectivity index (χ0) is 17.2. The highest BCUT2D eigenvalue weighted by Crippen LogP contribution is 2.35. The molecule has 0 rings (SSSR count). The van der Waals surface area contributed by atoms with E-state index in [1.807, 2.05) is 0 Å². The predicted octanol–water partition coefficient (Wildman–Crippen LogP) is 5.61. The van der Waals surface area contributed by atoms with Crippen molar-refractivity contribution >= 4 is 15.1 Å². The van der Waals surface area contributed by atoms with Crippen molar-refractivity contribution < 1.29 is 11.4 Å². The summed E-state index contributed by atoms with van der Waals surface area (Å²) >= 11 is -2.13. The molecule has 4 heteroatoms. The maximum atomic E-state index is 6.62. The Bertz CT molecular complexity index is 253. The van der Waals surface area contributed by atoms with Gasteiger partial charge in [-0.1, -0.05) is 54.4 Å². The van der Waals surface area contributed by atoms with E-state index in [4.69, 9.17) is 11.4 Å². The first-order chi connectivity index (χ1) is 10.4. The summed E-state index contributed by atoms with van der Waals surface area (Å²) in [6.07, 6.45) is 6.72. The molecule has 0 N–H and O–H groups in total. The van der Waals surface area contributed by atoms with E-state index in [9.17, 15) is 0 Å². The molecule has 0 saturated heterocycles. The van der Waals surface area contributed by atoms with Crippen molar-refractivity contribution in [3.63, 3.8) is 0 Å². The van der Waals surface area contributed by atoms with Crippen molar-refractivity contribution in [2.75, 3.05) is 0 Å². The molecule has 0 heterocycles. The summed E-state index contributed by atoms with van der Waals surface area (Å²) in [6, 6.07) is 0. The van der Waals surface area contributed by atoms with Gasteiger partial charge in [0, 0.05) is 17.8 Å². The maximum absolute atomic E-state index is 6.62. The lowest BCUT2D eigenvalue weighted by Gasteiger charge is -2.41. The Hall–Kier alpha value is 0.412. The van der Waals surface area contributed by atoms with Gasteiger partial charge < -0.3 is 11.4 Å². The zero-order valence-corrected chi connectivity index (χ0v) is 17.4. The average molecular weight is 330 g/mol. The normalized spacial score (nSPS) is 15.1. The Labute approximate surface area is 144 Å². The van der Waals surface area contributed by atoms with Crippen LogP contribution in [0.4, 0.5) is 0 Å². The summed E-state index contributed by atoms with van der Waals surface area (Å²) in [5, 5.41) is 0. The lowest BCUT2D eigenvalue weighted by Crippen LogP contribution is -2.48. The molecule has 2 atom stereocenters. The SMILES string of the molecule is CCC(C)[O][Al]([O]C(C)CC)[O]C(CC)(CC)C(CC)CC. The summed E-state index contributed by atoms with van der Waals surface area (Å²) in [5.74, 6) is 0.568. The Morgan fingerprint density at radius 2 is 1.14 bits per heavy atom. The molecule has 0 aromatic rings. The number of rotatable bonds is 13.